The number of aromatic hydroxyl groups is 1. The Morgan fingerprint density at radius 3 is 2.14 bits per heavy atom. The van der Waals surface area contributed by atoms with E-state index in [1.807, 2.05) is 12.1 Å². The Labute approximate surface area is 127 Å². The monoisotopic (exact) mass is 283 g/mol. The molecule has 0 saturated heterocycles. The molecule has 21 heavy (non-hydrogen) atoms. The summed E-state index contributed by atoms with van der Waals surface area (Å²) in [6, 6.07) is 18.1. The zero-order chi connectivity index (χ0) is 15.3. The standard InChI is InChI=1S/C19H25NO/c1-19(2,3)20-14-17(16-7-5-4-6-8-16)13-15-9-11-18(21)12-10-15/h4-12,17,20-21H,13-14H2,1-3H3. The van der Waals surface area contributed by atoms with Gasteiger partial charge in [-0.15, -0.1) is 0 Å². The van der Waals surface area contributed by atoms with E-state index in [1.54, 1.807) is 12.1 Å². The second-order valence-electron chi connectivity index (χ2n) is 6.61. The topological polar surface area (TPSA) is 32.3 Å². The molecule has 1 atom stereocenters. The molecule has 0 bridgehead atoms. The smallest absolute Gasteiger partial charge is 0.115 e. The molecule has 0 aliphatic rings. The van der Waals surface area contributed by atoms with Crippen molar-refractivity contribution in [3.63, 3.8) is 0 Å². The quantitative estimate of drug-likeness (QED) is 0.865. The van der Waals surface area contributed by atoms with Crippen LogP contribution in [-0.4, -0.2) is 17.2 Å². The first-order valence-electron chi connectivity index (χ1n) is 7.52. The Kier molecular flexibility index (Phi) is 5.03. The first-order chi connectivity index (χ1) is 9.94. The van der Waals surface area contributed by atoms with Gasteiger partial charge >= 0.3 is 0 Å². The summed E-state index contributed by atoms with van der Waals surface area (Å²) in [7, 11) is 0. The maximum atomic E-state index is 9.41. The van der Waals surface area contributed by atoms with Gasteiger partial charge in [0.05, 0.1) is 0 Å². The zero-order valence-electron chi connectivity index (χ0n) is 13.1. The number of benzene rings is 2. The normalized spacial score (nSPS) is 13.1. The number of hydrogen-bond donors (Lipinski definition) is 2. The summed E-state index contributed by atoms with van der Waals surface area (Å²) in [5.74, 6) is 0.748. The van der Waals surface area contributed by atoms with Crippen LogP contribution in [0, 0.1) is 0 Å². The summed E-state index contributed by atoms with van der Waals surface area (Å²) in [6.07, 6.45) is 0.966. The third-order valence-electron chi connectivity index (χ3n) is 3.57. The maximum Gasteiger partial charge on any atom is 0.115 e. The molecule has 1 unspecified atom stereocenters. The van der Waals surface area contributed by atoms with Crippen molar-refractivity contribution in [2.75, 3.05) is 6.54 Å². The highest BCUT2D eigenvalue weighted by molar-refractivity contribution is 5.29. The van der Waals surface area contributed by atoms with E-state index in [9.17, 15) is 5.11 Å². The van der Waals surface area contributed by atoms with Crippen LogP contribution >= 0.6 is 0 Å². The summed E-state index contributed by atoms with van der Waals surface area (Å²) in [4.78, 5) is 0. The van der Waals surface area contributed by atoms with Crippen LogP contribution in [0.15, 0.2) is 54.6 Å². The first-order valence-corrected chi connectivity index (χ1v) is 7.52. The van der Waals surface area contributed by atoms with E-state index in [0.29, 0.717) is 11.7 Å². The molecule has 2 heteroatoms. The molecule has 0 spiro atoms. The lowest BCUT2D eigenvalue weighted by Gasteiger charge is -2.26. The third kappa shape index (κ3) is 5.24. The van der Waals surface area contributed by atoms with Crippen molar-refractivity contribution in [1.82, 2.24) is 5.32 Å². The minimum absolute atomic E-state index is 0.113. The van der Waals surface area contributed by atoms with Crippen LogP contribution in [0.4, 0.5) is 0 Å². The van der Waals surface area contributed by atoms with Gasteiger partial charge in [-0.3, -0.25) is 0 Å². The van der Waals surface area contributed by atoms with Gasteiger partial charge in [-0.1, -0.05) is 42.5 Å². The lowest BCUT2D eigenvalue weighted by Crippen LogP contribution is -2.39. The Morgan fingerprint density at radius 1 is 0.952 bits per heavy atom. The van der Waals surface area contributed by atoms with Crippen LogP contribution < -0.4 is 5.32 Å². The number of phenolic OH excluding ortho intramolecular Hbond substituents is 1. The number of phenols is 1. The summed E-state index contributed by atoms with van der Waals surface area (Å²) in [6.45, 7) is 7.51. The van der Waals surface area contributed by atoms with E-state index in [4.69, 9.17) is 0 Å². The van der Waals surface area contributed by atoms with Crippen LogP contribution in [0.1, 0.15) is 37.8 Å². The van der Waals surface area contributed by atoms with Gasteiger partial charge in [0.25, 0.3) is 0 Å². The molecule has 0 aliphatic carbocycles. The highest BCUT2D eigenvalue weighted by Gasteiger charge is 2.16. The summed E-state index contributed by atoms with van der Waals surface area (Å²) < 4.78 is 0. The second-order valence-corrected chi connectivity index (χ2v) is 6.61. The van der Waals surface area contributed by atoms with Crippen molar-refractivity contribution in [2.24, 2.45) is 0 Å². The fourth-order valence-electron chi connectivity index (χ4n) is 2.38. The number of rotatable bonds is 5. The SMILES string of the molecule is CC(C)(C)NCC(Cc1ccc(O)cc1)c1ccccc1. The van der Waals surface area contributed by atoms with Gasteiger partial charge in [0.1, 0.15) is 5.75 Å². The fraction of sp³-hybridized carbons (Fsp3) is 0.368. The van der Waals surface area contributed by atoms with E-state index < -0.39 is 0 Å². The van der Waals surface area contributed by atoms with E-state index in [1.165, 1.54) is 11.1 Å². The van der Waals surface area contributed by atoms with E-state index in [0.717, 1.165) is 13.0 Å². The molecule has 0 heterocycles. The minimum Gasteiger partial charge on any atom is -0.508 e. The molecule has 2 N–H and O–H groups in total. The second kappa shape index (κ2) is 6.77. The lowest BCUT2D eigenvalue weighted by molar-refractivity contribution is 0.405. The van der Waals surface area contributed by atoms with Crippen molar-refractivity contribution in [3.05, 3.63) is 65.7 Å². The summed E-state index contributed by atoms with van der Waals surface area (Å²) >= 11 is 0. The van der Waals surface area contributed by atoms with E-state index >= 15 is 0 Å². The van der Waals surface area contributed by atoms with Gasteiger partial charge in [-0.2, -0.15) is 0 Å². The molecule has 2 nitrogen and oxygen atoms in total. The van der Waals surface area contributed by atoms with Crippen molar-refractivity contribution in [3.8, 4) is 5.75 Å². The molecule has 0 aliphatic heterocycles. The average Bonchev–Trinajstić information content (AvgIpc) is 2.45. The summed E-state index contributed by atoms with van der Waals surface area (Å²) in [5, 5.41) is 13.0. The van der Waals surface area contributed by atoms with Gasteiger partial charge in [0.15, 0.2) is 0 Å². The van der Waals surface area contributed by atoms with Crippen LogP contribution in [0.3, 0.4) is 0 Å². The Balaban J connectivity index is 2.13. The molecule has 2 aromatic carbocycles. The zero-order valence-corrected chi connectivity index (χ0v) is 13.1. The molecular formula is C19H25NO. The first kappa shape index (κ1) is 15.6. The van der Waals surface area contributed by atoms with E-state index in [2.05, 4.69) is 56.4 Å². The predicted octanol–water partition coefficient (Wildman–Crippen LogP) is 4.11. The molecule has 0 amide bonds. The van der Waals surface area contributed by atoms with Crippen molar-refractivity contribution in [1.29, 1.82) is 0 Å². The van der Waals surface area contributed by atoms with Crippen LogP contribution in [0.25, 0.3) is 0 Å². The molecule has 2 rings (SSSR count). The van der Waals surface area contributed by atoms with Crippen molar-refractivity contribution in [2.45, 2.75) is 38.6 Å². The predicted molar refractivity (Wildman–Crippen MR) is 88.7 cm³/mol. The molecule has 2 aromatic rings. The van der Waals surface area contributed by atoms with Gasteiger partial charge in [0, 0.05) is 18.0 Å². The molecule has 0 radical (unpaired) electrons. The molecule has 0 saturated carbocycles. The van der Waals surface area contributed by atoms with Crippen LogP contribution in [0.5, 0.6) is 5.75 Å². The average molecular weight is 283 g/mol. The Morgan fingerprint density at radius 2 is 1.57 bits per heavy atom. The van der Waals surface area contributed by atoms with Gasteiger partial charge in [-0.05, 0) is 50.5 Å². The third-order valence-corrected chi connectivity index (χ3v) is 3.57. The lowest BCUT2D eigenvalue weighted by atomic mass is 9.91. The highest BCUT2D eigenvalue weighted by Crippen LogP contribution is 2.22. The van der Waals surface area contributed by atoms with Gasteiger partial charge < -0.3 is 10.4 Å². The van der Waals surface area contributed by atoms with Crippen LogP contribution in [0.2, 0.25) is 0 Å². The molecule has 0 aromatic heterocycles. The van der Waals surface area contributed by atoms with Gasteiger partial charge in [-0.25, -0.2) is 0 Å². The Bertz CT molecular complexity index is 540. The van der Waals surface area contributed by atoms with Crippen molar-refractivity contribution < 1.29 is 5.11 Å². The van der Waals surface area contributed by atoms with Gasteiger partial charge in [0.2, 0.25) is 0 Å². The molecule has 112 valence electrons. The highest BCUT2D eigenvalue weighted by atomic mass is 16.3. The Hall–Kier alpha value is -1.80. The van der Waals surface area contributed by atoms with Crippen molar-refractivity contribution >= 4 is 0 Å². The largest absolute Gasteiger partial charge is 0.508 e. The molecular weight excluding hydrogens is 258 g/mol. The van der Waals surface area contributed by atoms with E-state index in [-0.39, 0.29) is 5.54 Å². The fourth-order valence-corrected chi connectivity index (χ4v) is 2.38. The molecule has 0 fully saturated rings. The number of nitrogens with one attached hydrogen (secondary N) is 1. The van der Waals surface area contributed by atoms with Crippen LogP contribution in [-0.2, 0) is 6.42 Å². The maximum absolute atomic E-state index is 9.41. The summed E-state index contributed by atoms with van der Waals surface area (Å²) in [5.41, 5.74) is 2.71. The minimum atomic E-state index is 0.113. The number of hydrogen-bond acceptors (Lipinski definition) is 2.